The van der Waals surface area contributed by atoms with E-state index in [2.05, 4.69) is 0 Å². The van der Waals surface area contributed by atoms with Gasteiger partial charge in [-0.2, -0.15) is 11.3 Å². The lowest BCUT2D eigenvalue weighted by molar-refractivity contribution is -0.277. The maximum Gasteiger partial charge on any atom is 0.229 e. The zero-order valence-corrected chi connectivity index (χ0v) is 14.7. The molecule has 0 spiro atoms. The second-order valence-electron chi connectivity index (χ2n) is 5.66. The van der Waals surface area contributed by atoms with Crippen molar-refractivity contribution in [1.82, 2.24) is 0 Å². The van der Waals surface area contributed by atoms with Gasteiger partial charge >= 0.3 is 0 Å². The van der Waals surface area contributed by atoms with Crippen LogP contribution in [0.25, 0.3) is 0 Å². The van der Waals surface area contributed by atoms with E-state index in [0.29, 0.717) is 4.88 Å². The van der Waals surface area contributed by atoms with Gasteiger partial charge in [-0.15, -0.1) is 11.3 Å². The van der Waals surface area contributed by atoms with Crippen LogP contribution < -0.4 is 4.74 Å². The number of ketones is 1. The van der Waals surface area contributed by atoms with Crippen LogP contribution in [0.3, 0.4) is 0 Å². The van der Waals surface area contributed by atoms with E-state index in [1.807, 2.05) is 16.8 Å². The average molecular weight is 386 g/mol. The van der Waals surface area contributed by atoms with Crippen molar-refractivity contribution < 1.29 is 34.7 Å². The van der Waals surface area contributed by atoms with Gasteiger partial charge in [-0.05, 0) is 33.8 Å². The Kier molecular flexibility index (Phi) is 5.85. The average Bonchev–Trinajstić information content (AvgIpc) is 3.27. The Bertz CT molecular complexity index is 697. The number of ether oxygens (including phenoxy) is 2. The molecule has 0 amide bonds. The summed E-state index contributed by atoms with van der Waals surface area (Å²) in [6.45, 7) is -0.543. The van der Waals surface area contributed by atoms with Gasteiger partial charge in [-0.1, -0.05) is 0 Å². The summed E-state index contributed by atoms with van der Waals surface area (Å²) in [6.07, 6.45) is -6.64. The molecule has 0 aliphatic carbocycles. The number of carbonyl (C=O) groups excluding carboxylic acids is 1. The molecule has 5 unspecified atom stereocenters. The molecule has 25 heavy (non-hydrogen) atoms. The molecule has 7 nitrogen and oxygen atoms in total. The highest BCUT2D eigenvalue weighted by Gasteiger charge is 2.45. The smallest absolute Gasteiger partial charge is 0.229 e. The lowest BCUT2D eigenvalue weighted by Gasteiger charge is -2.39. The second-order valence-corrected chi connectivity index (χ2v) is 7.36. The maximum atomic E-state index is 12.5. The number of aliphatic hydroxyl groups excluding tert-OH is 4. The molecule has 0 saturated carbocycles. The third-order valence-corrected chi connectivity index (χ3v) is 5.59. The van der Waals surface area contributed by atoms with Crippen LogP contribution >= 0.6 is 22.7 Å². The van der Waals surface area contributed by atoms with Gasteiger partial charge in [0.15, 0.2) is 5.78 Å². The summed E-state index contributed by atoms with van der Waals surface area (Å²) in [5.41, 5.74) is 0.905. The fourth-order valence-corrected chi connectivity index (χ4v) is 3.97. The lowest BCUT2D eigenvalue weighted by Crippen LogP contribution is -2.60. The van der Waals surface area contributed by atoms with Gasteiger partial charge in [-0.3, -0.25) is 4.79 Å². The Balaban J connectivity index is 1.73. The summed E-state index contributed by atoms with van der Waals surface area (Å²) < 4.78 is 10.9. The maximum absolute atomic E-state index is 12.5. The SMILES string of the molecule is O=C(Cc1ccsc1)c1sccc1OC1OC(CO)C(O)C(O)C1O. The van der Waals surface area contributed by atoms with Crippen LogP contribution in [-0.2, 0) is 11.2 Å². The number of aliphatic hydroxyl groups is 4. The van der Waals surface area contributed by atoms with Gasteiger partial charge in [0.2, 0.25) is 6.29 Å². The highest BCUT2D eigenvalue weighted by Crippen LogP contribution is 2.31. The summed E-state index contributed by atoms with van der Waals surface area (Å²) in [4.78, 5) is 12.8. The van der Waals surface area contributed by atoms with E-state index in [4.69, 9.17) is 9.47 Å². The third kappa shape index (κ3) is 3.93. The van der Waals surface area contributed by atoms with E-state index in [0.717, 1.165) is 5.56 Å². The Morgan fingerprint density at radius 1 is 1.16 bits per heavy atom. The van der Waals surface area contributed by atoms with Crippen molar-refractivity contribution in [2.45, 2.75) is 37.1 Å². The molecule has 1 fully saturated rings. The first-order chi connectivity index (χ1) is 12.0. The highest BCUT2D eigenvalue weighted by atomic mass is 32.1. The second kappa shape index (κ2) is 7.92. The summed E-state index contributed by atoms with van der Waals surface area (Å²) in [7, 11) is 0. The Morgan fingerprint density at radius 3 is 2.64 bits per heavy atom. The molecule has 0 radical (unpaired) electrons. The Morgan fingerprint density at radius 2 is 1.96 bits per heavy atom. The molecule has 9 heteroatoms. The number of Topliss-reactive ketones (excluding diaryl/α,β-unsaturated/α-hetero) is 1. The van der Waals surface area contributed by atoms with Gasteiger partial charge in [0.1, 0.15) is 35.0 Å². The van der Waals surface area contributed by atoms with Crippen molar-refractivity contribution in [3.63, 3.8) is 0 Å². The van der Waals surface area contributed by atoms with E-state index in [1.165, 1.54) is 22.7 Å². The number of thiophene rings is 2. The first-order valence-corrected chi connectivity index (χ1v) is 9.42. The van der Waals surface area contributed by atoms with Crippen LogP contribution in [0.2, 0.25) is 0 Å². The molecule has 136 valence electrons. The van der Waals surface area contributed by atoms with Crippen molar-refractivity contribution in [2.75, 3.05) is 6.61 Å². The summed E-state index contributed by atoms with van der Waals surface area (Å²) in [5, 5.41) is 44.3. The largest absolute Gasteiger partial charge is 0.460 e. The Hall–Kier alpha value is -1.33. The molecule has 3 heterocycles. The molecule has 1 aliphatic heterocycles. The molecule has 4 N–H and O–H groups in total. The molecular weight excluding hydrogens is 368 g/mol. The molecule has 2 aromatic rings. The summed E-state index contributed by atoms with van der Waals surface area (Å²) >= 11 is 2.71. The number of rotatable bonds is 6. The highest BCUT2D eigenvalue weighted by molar-refractivity contribution is 7.12. The van der Waals surface area contributed by atoms with Crippen molar-refractivity contribution in [2.24, 2.45) is 0 Å². The summed E-state index contributed by atoms with van der Waals surface area (Å²) in [6, 6.07) is 3.45. The van der Waals surface area contributed by atoms with Gasteiger partial charge in [0.25, 0.3) is 0 Å². The fraction of sp³-hybridized carbons (Fsp3) is 0.438. The van der Waals surface area contributed by atoms with E-state index in [-0.39, 0.29) is 18.0 Å². The quantitative estimate of drug-likeness (QED) is 0.532. The number of hydrogen-bond acceptors (Lipinski definition) is 9. The standard InChI is InChI=1S/C16H18O7S2/c17-6-11-12(19)13(20)14(21)16(23-11)22-10-2-4-25-15(10)9(18)5-8-1-3-24-7-8/h1-4,7,11-14,16-17,19-21H,5-6H2. The van der Waals surface area contributed by atoms with E-state index < -0.39 is 37.3 Å². The van der Waals surface area contributed by atoms with Crippen LogP contribution in [0, 0.1) is 0 Å². The van der Waals surface area contributed by atoms with Crippen LogP contribution in [0.1, 0.15) is 15.2 Å². The predicted molar refractivity (Wildman–Crippen MR) is 91.1 cm³/mol. The molecule has 0 bridgehead atoms. The third-order valence-electron chi connectivity index (χ3n) is 3.92. The van der Waals surface area contributed by atoms with Crippen LogP contribution in [0.4, 0.5) is 0 Å². The first kappa shape index (κ1) is 18.5. The van der Waals surface area contributed by atoms with E-state index >= 15 is 0 Å². The minimum Gasteiger partial charge on any atom is -0.460 e. The van der Waals surface area contributed by atoms with Gasteiger partial charge in [0.05, 0.1) is 6.61 Å². The molecule has 0 aromatic carbocycles. The van der Waals surface area contributed by atoms with Crippen LogP contribution in [0.15, 0.2) is 28.3 Å². The number of carbonyl (C=O) groups is 1. The monoisotopic (exact) mass is 386 g/mol. The van der Waals surface area contributed by atoms with Crippen molar-refractivity contribution in [3.05, 3.63) is 38.7 Å². The molecule has 1 saturated heterocycles. The van der Waals surface area contributed by atoms with E-state index in [9.17, 15) is 25.2 Å². The van der Waals surface area contributed by atoms with Gasteiger partial charge in [0, 0.05) is 6.42 Å². The minimum atomic E-state index is -1.53. The summed E-state index contributed by atoms with van der Waals surface area (Å²) in [5.74, 6) is 0.0996. The fourth-order valence-electron chi connectivity index (χ4n) is 2.54. The van der Waals surface area contributed by atoms with Crippen molar-refractivity contribution in [3.8, 4) is 5.75 Å². The molecule has 3 rings (SSSR count). The predicted octanol–water partition coefficient (Wildman–Crippen LogP) is 0.414. The van der Waals surface area contributed by atoms with Crippen molar-refractivity contribution in [1.29, 1.82) is 0 Å². The topological polar surface area (TPSA) is 116 Å². The normalized spacial score (nSPS) is 29.5. The van der Waals surface area contributed by atoms with Gasteiger partial charge < -0.3 is 29.9 Å². The molecule has 1 aliphatic rings. The van der Waals surface area contributed by atoms with Crippen molar-refractivity contribution >= 4 is 28.5 Å². The molecular formula is C16H18O7S2. The van der Waals surface area contributed by atoms with Crippen LogP contribution in [0.5, 0.6) is 5.75 Å². The zero-order chi connectivity index (χ0) is 18.0. The van der Waals surface area contributed by atoms with Crippen LogP contribution in [-0.4, -0.2) is 63.5 Å². The minimum absolute atomic E-state index is 0.131. The van der Waals surface area contributed by atoms with E-state index in [1.54, 1.807) is 11.4 Å². The molecule has 2 aromatic heterocycles. The lowest BCUT2D eigenvalue weighted by atomic mass is 9.99. The first-order valence-electron chi connectivity index (χ1n) is 7.60. The Labute approximate surface area is 151 Å². The molecule has 5 atom stereocenters. The number of hydrogen-bond donors (Lipinski definition) is 4. The zero-order valence-electron chi connectivity index (χ0n) is 13.0. The van der Waals surface area contributed by atoms with Gasteiger partial charge in [-0.25, -0.2) is 0 Å².